The topological polar surface area (TPSA) is 74.3 Å². The van der Waals surface area contributed by atoms with Crippen LogP contribution < -0.4 is 10.2 Å². The number of hydrogen-bond donors (Lipinski definition) is 0. The van der Waals surface area contributed by atoms with Gasteiger partial charge in [-0.1, -0.05) is 153 Å². The summed E-state index contributed by atoms with van der Waals surface area (Å²) in [4.78, 5) is 0. The third kappa shape index (κ3) is 122. The van der Waals surface area contributed by atoms with Crippen LogP contribution in [0.1, 0.15) is 41.5 Å². The van der Waals surface area contributed by atoms with E-state index in [2.05, 4.69) is 78.6 Å². The predicted octanol–water partition coefficient (Wildman–Crippen LogP) is 5.97. The molecular weight excluding hydrogens is 531 g/mol. The molecule has 29 heavy (non-hydrogen) atoms. The van der Waals surface area contributed by atoms with E-state index in [0.29, 0.717) is 0 Å². The molecule has 0 aliphatic heterocycles. The molecule has 0 aromatic heterocycles. The summed E-state index contributed by atoms with van der Waals surface area (Å²) in [5.41, 5.74) is -1.50. The Morgan fingerprint density at radius 2 is 0.483 bits per heavy atom. The maximum absolute atomic E-state index is 10.1. The molecule has 0 heterocycles. The number of nitrogens with zero attached hydrogens (tertiary/aromatic N) is 2. The number of hydrogen-bond acceptors (Lipinski definition) is 2. The molecular formula is C20H54N2O2Si4Sn. The SMILES string of the molecule is CC(C)(C)[O-].CC(C)(C)[O-].C[Si](C)(C)[N-][Si](C)(C)C.C[Si](C)(C)[N-][Si](C)(C)C.[Sn+4]. The molecule has 176 valence electrons. The standard InChI is InChI=1S/2C6H18NSi2.2C4H9O.Sn/c2*1-8(2,3)7-9(4,5)6;2*1-4(2,3)5;/h2*1-6H3;2*1-3H3;/q4*-1;+4. The van der Waals surface area contributed by atoms with Crippen molar-refractivity contribution in [1.29, 1.82) is 0 Å². The van der Waals surface area contributed by atoms with Gasteiger partial charge in [-0.3, -0.25) is 0 Å². The molecule has 4 nitrogen and oxygen atoms in total. The summed E-state index contributed by atoms with van der Waals surface area (Å²) in [6, 6.07) is 0. The Morgan fingerprint density at radius 1 is 0.414 bits per heavy atom. The number of rotatable bonds is 4. The quantitative estimate of drug-likeness (QED) is 0.382. The molecule has 0 radical (unpaired) electrons. The minimum Gasteiger partial charge on any atom is -0.850 e. The molecule has 0 amide bonds. The normalized spacial score (nSPS) is 12.8. The second-order valence-corrected chi connectivity index (χ2v) is 32.3. The largest absolute Gasteiger partial charge is 4.00 e. The minimum absolute atomic E-state index is 0. The molecule has 0 atom stereocenters. The summed E-state index contributed by atoms with van der Waals surface area (Å²) in [5, 5.41) is 20.2. The summed E-state index contributed by atoms with van der Waals surface area (Å²) in [6.45, 7) is 37.4. The van der Waals surface area contributed by atoms with Crippen LogP contribution in [-0.2, 0) is 0 Å². The van der Waals surface area contributed by atoms with Gasteiger partial charge in [-0.2, -0.15) is 0 Å². The fourth-order valence-corrected chi connectivity index (χ4v) is 18.1. The van der Waals surface area contributed by atoms with Crippen LogP contribution in [0.2, 0.25) is 78.6 Å². The van der Waals surface area contributed by atoms with Gasteiger partial charge in [0.2, 0.25) is 0 Å². The first-order valence-electron chi connectivity index (χ1n) is 10.3. The van der Waals surface area contributed by atoms with Gasteiger partial charge in [0.15, 0.2) is 0 Å². The second kappa shape index (κ2) is 15.4. The Morgan fingerprint density at radius 3 is 0.483 bits per heavy atom. The molecule has 0 fully saturated rings. The van der Waals surface area contributed by atoms with Crippen LogP contribution in [0.4, 0.5) is 0 Å². The van der Waals surface area contributed by atoms with Crippen LogP contribution in [0.5, 0.6) is 0 Å². The molecule has 0 aliphatic carbocycles. The molecule has 0 saturated carbocycles. The van der Waals surface area contributed by atoms with Crippen LogP contribution in [0.3, 0.4) is 0 Å². The first-order chi connectivity index (χ1) is 11.4. The van der Waals surface area contributed by atoms with E-state index in [9.17, 15) is 10.2 Å². The van der Waals surface area contributed by atoms with Crippen LogP contribution in [0.15, 0.2) is 0 Å². The summed E-state index contributed by atoms with van der Waals surface area (Å²) in [7, 11) is -4.42. The summed E-state index contributed by atoms with van der Waals surface area (Å²) in [5.74, 6) is 0. The van der Waals surface area contributed by atoms with E-state index >= 15 is 0 Å². The maximum Gasteiger partial charge on any atom is 4.00 e. The molecule has 0 bridgehead atoms. The monoisotopic (exact) mass is 586 g/mol. The van der Waals surface area contributed by atoms with E-state index in [1.54, 1.807) is 41.5 Å². The first kappa shape index (κ1) is 40.8. The van der Waals surface area contributed by atoms with Gasteiger partial charge in [-0.15, -0.1) is 11.2 Å². The van der Waals surface area contributed by atoms with Gasteiger partial charge >= 0.3 is 23.9 Å². The smallest absolute Gasteiger partial charge is 0.850 e. The van der Waals surface area contributed by atoms with Crippen molar-refractivity contribution in [1.82, 2.24) is 0 Å². The maximum atomic E-state index is 10.1. The third-order valence-corrected chi connectivity index (χ3v) is 12.1. The predicted molar refractivity (Wildman–Crippen MR) is 145 cm³/mol. The average molecular weight is 586 g/mol. The zero-order chi connectivity index (χ0) is 24.4. The van der Waals surface area contributed by atoms with E-state index in [1.807, 2.05) is 0 Å². The van der Waals surface area contributed by atoms with Gasteiger partial charge in [-0.05, 0) is 0 Å². The zero-order valence-corrected chi connectivity index (χ0v) is 30.1. The average Bonchev–Trinajstić information content (AvgIpc) is 1.95. The van der Waals surface area contributed by atoms with Gasteiger partial charge < -0.3 is 19.5 Å². The van der Waals surface area contributed by atoms with Crippen molar-refractivity contribution >= 4 is 56.8 Å². The van der Waals surface area contributed by atoms with E-state index in [1.165, 1.54) is 0 Å². The second-order valence-electron chi connectivity index (χ2n) is 13.1. The molecule has 0 aromatic carbocycles. The van der Waals surface area contributed by atoms with Crippen molar-refractivity contribution in [3.63, 3.8) is 0 Å². The third-order valence-electron chi connectivity index (χ3n) is 1.34. The van der Waals surface area contributed by atoms with E-state index in [0.717, 1.165) is 0 Å². The van der Waals surface area contributed by atoms with Gasteiger partial charge in [0.05, 0.1) is 0 Å². The Labute approximate surface area is 206 Å². The molecule has 0 aromatic rings. The Balaban J connectivity index is -0.0000000907. The van der Waals surface area contributed by atoms with Crippen molar-refractivity contribution in [3.8, 4) is 0 Å². The van der Waals surface area contributed by atoms with Gasteiger partial charge in [0, 0.05) is 0 Å². The Kier molecular flexibility index (Phi) is 21.6. The van der Waals surface area contributed by atoms with Crippen LogP contribution in [-0.4, -0.2) is 68.1 Å². The molecule has 0 spiro atoms. The van der Waals surface area contributed by atoms with Crippen LogP contribution in [0, 0.1) is 0 Å². The van der Waals surface area contributed by atoms with Crippen molar-refractivity contribution < 1.29 is 10.2 Å². The molecule has 0 rings (SSSR count). The van der Waals surface area contributed by atoms with Gasteiger partial charge in [0.1, 0.15) is 0 Å². The van der Waals surface area contributed by atoms with Crippen molar-refractivity contribution in [2.24, 2.45) is 0 Å². The minimum atomic E-state index is -1.11. The van der Waals surface area contributed by atoms with E-state index in [4.69, 9.17) is 9.30 Å². The zero-order valence-electron chi connectivity index (χ0n) is 23.2. The Bertz CT molecular complexity index is 310. The summed E-state index contributed by atoms with van der Waals surface area (Å²) in [6.07, 6.45) is 0. The molecule has 9 heteroatoms. The van der Waals surface area contributed by atoms with Crippen LogP contribution >= 0.6 is 0 Å². The van der Waals surface area contributed by atoms with Gasteiger partial charge in [-0.25, -0.2) is 0 Å². The molecule has 0 N–H and O–H groups in total. The van der Waals surface area contributed by atoms with Crippen molar-refractivity contribution in [2.75, 3.05) is 0 Å². The fourth-order valence-electron chi connectivity index (χ4n) is 2.01. The van der Waals surface area contributed by atoms with Crippen LogP contribution in [0.25, 0.3) is 9.30 Å². The molecule has 0 aliphatic rings. The summed E-state index contributed by atoms with van der Waals surface area (Å²) < 4.78 is 9.64. The van der Waals surface area contributed by atoms with E-state index in [-0.39, 0.29) is 23.9 Å². The fraction of sp³-hybridized carbons (Fsp3) is 1.00. The van der Waals surface area contributed by atoms with Crippen molar-refractivity contribution in [2.45, 2.75) is 131 Å². The summed E-state index contributed by atoms with van der Waals surface area (Å²) >= 11 is 0. The van der Waals surface area contributed by atoms with E-state index < -0.39 is 44.1 Å². The molecule has 0 saturated heterocycles. The first-order valence-corrected chi connectivity index (χ1v) is 24.1. The molecule has 0 unspecified atom stereocenters. The van der Waals surface area contributed by atoms with Crippen molar-refractivity contribution in [3.05, 3.63) is 9.30 Å². The Hall–Kier alpha value is 1.51. The van der Waals surface area contributed by atoms with Gasteiger partial charge in [0.25, 0.3) is 0 Å².